The lowest BCUT2D eigenvalue weighted by Gasteiger charge is -2.14. The van der Waals surface area contributed by atoms with E-state index >= 15 is 0 Å². The predicted molar refractivity (Wildman–Crippen MR) is 87.8 cm³/mol. The van der Waals surface area contributed by atoms with Crippen molar-refractivity contribution >= 4 is 5.91 Å². The minimum atomic E-state index is -4.63. The number of benzene rings is 1. The van der Waals surface area contributed by atoms with Gasteiger partial charge in [-0.2, -0.15) is 18.3 Å². The number of hydroxylamine groups is 1. The van der Waals surface area contributed by atoms with Gasteiger partial charge >= 0.3 is 6.18 Å². The van der Waals surface area contributed by atoms with Gasteiger partial charge in [-0.05, 0) is 47.9 Å². The highest BCUT2D eigenvalue weighted by Gasteiger charge is 2.31. The number of pyridine rings is 1. The van der Waals surface area contributed by atoms with Crippen LogP contribution in [0.4, 0.5) is 17.6 Å². The molecule has 144 valence electrons. The van der Waals surface area contributed by atoms with Crippen LogP contribution in [0, 0.1) is 5.82 Å². The Hall–Kier alpha value is -3.27. The molecule has 10 heteroatoms. The third-order valence-electron chi connectivity index (χ3n) is 4.21. The van der Waals surface area contributed by atoms with E-state index in [1.54, 1.807) is 12.1 Å². The molecule has 0 fully saturated rings. The number of carbonyl (C=O) groups excluding carboxylic acids is 1. The Bertz CT molecular complexity index is 1060. The number of nitrogens with one attached hydrogen (secondary N) is 1. The highest BCUT2D eigenvalue weighted by Crippen LogP contribution is 2.31. The Balaban J connectivity index is 1.66. The predicted octanol–water partition coefficient (Wildman–Crippen LogP) is 3.19. The van der Waals surface area contributed by atoms with Crippen molar-refractivity contribution in [2.45, 2.75) is 19.2 Å². The highest BCUT2D eigenvalue weighted by molar-refractivity contribution is 5.95. The van der Waals surface area contributed by atoms with Crippen LogP contribution in [0.2, 0.25) is 0 Å². The first kappa shape index (κ1) is 18.1. The van der Waals surface area contributed by atoms with Crippen LogP contribution < -0.4 is 5.48 Å². The van der Waals surface area contributed by atoms with Crippen molar-refractivity contribution < 1.29 is 27.2 Å². The zero-order valence-corrected chi connectivity index (χ0v) is 14.1. The zero-order chi connectivity index (χ0) is 19.9. The van der Waals surface area contributed by atoms with Crippen LogP contribution in [0.25, 0.3) is 5.82 Å². The molecule has 2 aromatic heterocycles. The average molecular weight is 392 g/mol. The van der Waals surface area contributed by atoms with Gasteiger partial charge in [0.25, 0.3) is 5.91 Å². The van der Waals surface area contributed by atoms with Crippen LogP contribution in [0.5, 0.6) is 0 Å². The van der Waals surface area contributed by atoms with Crippen molar-refractivity contribution in [2.75, 3.05) is 0 Å². The van der Waals surface area contributed by atoms with Gasteiger partial charge in [0.2, 0.25) is 0 Å². The molecule has 4 rings (SSSR count). The smallest absolute Gasteiger partial charge is 0.267 e. The summed E-state index contributed by atoms with van der Waals surface area (Å²) in [7, 11) is 0. The summed E-state index contributed by atoms with van der Waals surface area (Å²) in [6.07, 6.45) is -1.72. The van der Waals surface area contributed by atoms with E-state index in [0.29, 0.717) is 28.7 Å². The number of rotatable bonds is 3. The van der Waals surface area contributed by atoms with Gasteiger partial charge in [-0.3, -0.25) is 9.63 Å². The molecule has 0 unspecified atom stereocenters. The van der Waals surface area contributed by atoms with Gasteiger partial charge in [0.15, 0.2) is 5.82 Å². The van der Waals surface area contributed by atoms with Gasteiger partial charge in [-0.25, -0.2) is 19.5 Å². The van der Waals surface area contributed by atoms with E-state index in [9.17, 15) is 22.4 Å². The summed E-state index contributed by atoms with van der Waals surface area (Å²) in [5, 5.41) is 4.13. The number of carbonyl (C=O) groups is 1. The highest BCUT2D eigenvalue weighted by atomic mass is 19.4. The van der Waals surface area contributed by atoms with E-state index in [0.717, 1.165) is 12.1 Å². The van der Waals surface area contributed by atoms with Crippen molar-refractivity contribution in [1.82, 2.24) is 20.2 Å². The summed E-state index contributed by atoms with van der Waals surface area (Å²) in [5.41, 5.74) is 2.81. The van der Waals surface area contributed by atoms with Crippen LogP contribution in [0.15, 0.2) is 42.7 Å². The largest absolute Gasteiger partial charge is 0.416 e. The molecule has 1 amide bonds. The first-order chi connectivity index (χ1) is 13.3. The molecule has 1 aliphatic rings. The molecule has 0 aliphatic carbocycles. The Labute approximate surface area is 155 Å². The van der Waals surface area contributed by atoms with E-state index in [4.69, 9.17) is 4.84 Å². The quantitative estimate of drug-likeness (QED) is 0.695. The molecule has 0 radical (unpaired) electrons. The second kappa shape index (κ2) is 6.71. The molecular weight excluding hydrogens is 380 g/mol. The average Bonchev–Trinajstić information content (AvgIpc) is 3.06. The molecule has 0 saturated carbocycles. The first-order valence-corrected chi connectivity index (χ1v) is 8.12. The molecule has 1 aliphatic heterocycles. The topological polar surface area (TPSA) is 69.0 Å². The second-order valence-electron chi connectivity index (χ2n) is 6.18. The molecule has 1 N–H and O–H groups in total. The number of aromatic nitrogens is 3. The molecule has 6 nitrogen and oxygen atoms in total. The molecule has 0 bridgehead atoms. The van der Waals surface area contributed by atoms with Crippen molar-refractivity contribution in [1.29, 1.82) is 0 Å². The summed E-state index contributed by atoms with van der Waals surface area (Å²) in [6, 6.07) is 5.65. The first-order valence-electron chi connectivity index (χ1n) is 8.12. The Morgan fingerprint density at radius 1 is 1.18 bits per heavy atom. The number of halogens is 4. The number of hydrogen-bond acceptors (Lipinski definition) is 4. The van der Waals surface area contributed by atoms with Crippen LogP contribution in [0.1, 0.15) is 32.7 Å². The van der Waals surface area contributed by atoms with E-state index in [-0.39, 0.29) is 18.6 Å². The summed E-state index contributed by atoms with van der Waals surface area (Å²) < 4.78 is 53.7. The number of nitrogens with zero attached hydrogens (tertiary/aromatic N) is 3. The van der Waals surface area contributed by atoms with Gasteiger partial charge in [-0.1, -0.05) is 0 Å². The van der Waals surface area contributed by atoms with Gasteiger partial charge < -0.3 is 0 Å². The van der Waals surface area contributed by atoms with Crippen LogP contribution in [0.3, 0.4) is 0 Å². The number of hydrogen-bond donors (Lipinski definition) is 1. The summed E-state index contributed by atoms with van der Waals surface area (Å²) >= 11 is 0. The molecule has 3 aromatic rings. The summed E-state index contributed by atoms with van der Waals surface area (Å²) in [5.74, 6) is -1.02. The lowest BCUT2D eigenvalue weighted by Crippen LogP contribution is -2.30. The minimum absolute atomic E-state index is 0.0663. The standard InChI is InChI=1S/C18H12F4N4O2/c19-13-5-11(4-12(7-13)18(20,21)22)3-10-1-2-23-16(6-10)26-15-9-28-25-17(27)14(15)8-24-26/h1-2,4-8H,3,9H2,(H,25,27). The fourth-order valence-electron chi connectivity index (χ4n) is 2.96. The van der Waals surface area contributed by atoms with Gasteiger partial charge in [0.1, 0.15) is 12.4 Å². The van der Waals surface area contributed by atoms with E-state index < -0.39 is 23.5 Å². The van der Waals surface area contributed by atoms with Gasteiger partial charge in [-0.15, -0.1) is 0 Å². The fraction of sp³-hybridized carbons (Fsp3) is 0.167. The monoisotopic (exact) mass is 392 g/mol. The number of amides is 1. The summed E-state index contributed by atoms with van der Waals surface area (Å²) in [4.78, 5) is 20.9. The minimum Gasteiger partial charge on any atom is -0.267 e. The summed E-state index contributed by atoms with van der Waals surface area (Å²) in [6.45, 7) is 0.0891. The fourth-order valence-corrected chi connectivity index (χ4v) is 2.96. The van der Waals surface area contributed by atoms with Crippen molar-refractivity contribution in [3.8, 4) is 5.82 Å². The zero-order valence-electron chi connectivity index (χ0n) is 14.1. The van der Waals surface area contributed by atoms with Crippen molar-refractivity contribution in [3.63, 3.8) is 0 Å². The SMILES string of the molecule is O=C1NOCc2c1cnn2-c1cc(Cc2cc(F)cc(C(F)(F)F)c2)ccn1. The van der Waals surface area contributed by atoms with Crippen molar-refractivity contribution in [2.24, 2.45) is 0 Å². The lowest BCUT2D eigenvalue weighted by molar-refractivity contribution is -0.137. The Morgan fingerprint density at radius 3 is 2.79 bits per heavy atom. The van der Waals surface area contributed by atoms with E-state index in [1.807, 2.05) is 0 Å². The molecule has 3 heterocycles. The maximum atomic E-state index is 13.6. The lowest BCUT2D eigenvalue weighted by atomic mass is 10.0. The van der Waals surface area contributed by atoms with Gasteiger partial charge in [0.05, 0.1) is 23.0 Å². The Morgan fingerprint density at radius 2 is 2.00 bits per heavy atom. The van der Waals surface area contributed by atoms with E-state index in [1.165, 1.54) is 17.1 Å². The van der Waals surface area contributed by atoms with Gasteiger partial charge in [0, 0.05) is 6.20 Å². The second-order valence-corrected chi connectivity index (χ2v) is 6.18. The Kier molecular flexibility index (Phi) is 4.34. The maximum Gasteiger partial charge on any atom is 0.416 e. The van der Waals surface area contributed by atoms with Crippen molar-refractivity contribution in [3.05, 3.63) is 76.5 Å². The molecular formula is C18H12F4N4O2. The normalized spacial score (nSPS) is 13.9. The molecule has 1 aromatic carbocycles. The van der Waals surface area contributed by atoms with E-state index in [2.05, 4.69) is 15.6 Å². The molecule has 0 atom stereocenters. The van der Waals surface area contributed by atoms with Crippen LogP contribution in [-0.4, -0.2) is 20.7 Å². The number of fused-ring (bicyclic) bond motifs is 1. The third-order valence-corrected chi connectivity index (χ3v) is 4.21. The third kappa shape index (κ3) is 3.46. The van der Waals surface area contributed by atoms with Crippen LogP contribution in [-0.2, 0) is 24.0 Å². The van der Waals surface area contributed by atoms with Crippen LogP contribution >= 0.6 is 0 Å². The number of alkyl halides is 3. The molecule has 28 heavy (non-hydrogen) atoms. The molecule has 0 saturated heterocycles. The maximum absolute atomic E-state index is 13.6. The molecule has 0 spiro atoms.